The largest absolute Gasteiger partial charge is 0.444 e. The molecule has 0 aliphatic carbocycles. The molecule has 0 bridgehead atoms. The Kier molecular flexibility index (Phi) is 9.81. The van der Waals surface area contributed by atoms with E-state index in [9.17, 15) is 4.79 Å². The summed E-state index contributed by atoms with van der Waals surface area (Å²) >= 11 is 0. The Balaban J connectivity index is 1.80. The van der Waals surface area contributed by atoms with E-state index in [1.807, 2.05) is 20.8 Å². The molecule has 0 unspecified atom stereocenters. The van der Waals surface area contributed by atoms with E-state index < -0.39 is 11.1 Å². The van der Waals surface area contributed by atoms with Gasteiger partial charge < -0.3 is 10.1 Å². The highest BCUT2D eigenvalue weighted by atomic mass is 16.6. The van der Waals surface area contributed by atoms with Gasteiger partial charge in [-0.2, -0.15) is 0 Å². The van der Waals surface area contributed by atoms with Gasteiger partial charge >= 0.3 is 6.09 Å². The number of nitrogens with one attached hydrogen (secondary N) is 1. The van der Waals surface area contributed by atoms with E-state index in [-0.39, 0.29) is 6.09 Å². The van der Waals surface area contributed by atoms with Crippen molar-refractivity contribution in [1.82, 2.24) is 9.88 Å². The van der Waals surface area contributed by atoms with Crippen molar-refractivity contribution in [2.75, 3.05) is 6.54 Å². The third-order valence-corrected chi connectivity index (χ3v) is 7.18. The predicted molar refractivity (Wildman–Crippen MR) is 161 cm³/mol. The van der Waals surface area contributed by atoms with Crippen LogP contribution in [0.4, 0.5) is 4.79 Å². The van der Waals surface area contributed by atoms with E-state index in [2.05, 4.69) is 125 Å². The summed E-state index contributed by atoms with van der Waals surface area (Å²) in [6.45, 7) is 9.32. The molecule has 1 N–H and O–H groups in total. The average Bonchev–Trinajstić information content (AvgIpc) is 3.35. The summed E-state index contributed by atoms with van der Waals surface area (Å²) in [6, 6.07) is 32.2. The first-order valence-electron chi connectivity index (χ1n) is 14.6. The number of aromatic nitrogens is 2. The zero-order valence-electron chi connectivity index (χ0n) is 24.5. The normalized spacial score (nSPS) is 11.8. The Bertz CT molecular complexity index is 1230. The van der Waals surface area contributed by atoms with Gasteiger partial charge in [-0.05, 0) is 33.6 Å². The molecule has 0 aliphatic heterocycles. The number of aryl methyl sites for hydroxylation is 1. The highest BCUT2D eigenvalue weighted by Crippen LogP contribution is 2.36. The number of hydrogen-bond donors (Lipinski definition) is 1. The van der Waals surface area contributed by atoms with Gasteiger partial charge in [-0.1, -0.05) is 111 Å². The van der Waals surface area contributed by atoms with Gasteiger partial charge in [-0.15, -0.1) is 0 Å². The van der Waals surface area contributed by atoms with E-state index in [1.165, 1.54) is 41.6 Å². The highest BCUT2D eigenvalue weighted by molar-refractivity contribution is 5.67. The zero-order valence-corrected chi connectivity index (χ0v) is 24.5. The van der Waals surface area contributed by atoms with Crippen LogP contribution >= 0.6 is 0 Å². The maximum Gasteiger partial charge on any atom is 0.407 e. The third-order valence-electron chi connectivity index (χ3n) is 7.18. The van der Waals surface area contributed by atoms with Crippen LogP contribution in [-0.4, -0.2) is 22.8 Å². The number of alkyl carbamates (subject to hydrolysis) is 1. The smallest absolute Gasteiger partial charge is 0.407 e. The third kappa shape index (κ3) is 7.01. The van der Waals surface area contributed by atoms with Crippen LogP contribution in [0.5, 0.6) is 0 Å². The molecule has 0 saturated heterocycles. The molecular formula is C35H44N3O2+. The molecule has 4 rings (SSSR count). The summed E-state index contributed by atoms with van der Waals surface area (Å²) in [7, 11) is 0. The van der Waals surface area contributed by atoms with Crippen LogP contribution in [0.25, 0.3) is 0 Å². The first-order chi connectivity index (χ1) is 19.3. The van der Waals surface area contributed by atoms with Crippen molar-refractivity contribution in [2.24, 2.45) is 0 Å². The van der Waals surface area contributed by atoms with Gasteiger partial charge in [0.2, 0.25) is 6.33 Å². The second-order valence-electron chi connectivity index (χ2n) is 11.4. The van der Waals surface area contributed by atoms with Crippen LogP contribution in [0.2, 0.25) is 0 Å². The predicted octanol–water partition coefficient (Wildman–Crippen LogP) is 7.26. The minimum atomic E-state index is -0.564. The maximum atomic E-state index is 12.4. The second kappa shape index (κ2) is 13.5. The SMILES string of the molecule is CCCCCCn1c[n+](C(c2ccccc2)(c2ccccc2)c2ccccc2)cc1CCNC(=O)OC(C)(C)C. The highest BCUT2D eigenvalue weighted by Gasteiger charge is 2.43. The Labute approximate surface area is 239 Å². The number of nitrogens with zero attached hydrogens (tertiary/aromatic N) is 2. The van der Waals surface area contributed by atoms with Gasteiger partial charge in [0.25, 0.3) is 0 Å². The molecule has 4 aromatic rings. The zero-order chi connectivity index (χ0) is 28.4. The van der Waals surface area contributed by atoms with Gasteiger partial charge in [0.05, 0.1) is 6.54 Å². The van der Waals surface area contributed by atoms with Crippen molar-refractivity contribution in [1.29, 1.82) is 0 Å². The summed E-state index contributed by atoms with van der Waals surface area (Å²) in [6.07, 6.45) is 9.61. The van der Waals surface area contributed by atoms with Crippen LogP contribution in [0, 0.1) is 0 Å². The lowest BCUT2D eigenvalue weighted by atomic mass is 9.77. The molecule has 5 heteroatoms. The van der Waals surface area contributed by atoms with Gasteiger partial charge in [0.1, 0.15) is 17.5 Å². The van der Waals surface area contributed by atoms with Crippen LogP contribution in [0.15, 0.2) is 104 Å². The van der Waals surface area contributed by atoms with Crippen LogP contribution in [0.3, 0.4) is 0 Å². The minimum absolute atomic E-state index is 0.381. The molecule has 210 valence electrons. The summed E-state index contributed by atoms with van der Waals surface area (Å²) in [4.78, 5) is 12.4. The average molecular weight is 539 g/mol. The fraction of sp³-hybridized carbons (Fsp3) is 0.371. The fourth-order valence-electron chi connectivity index (χ4n) is 5.39. The molecule has 1 heterocycles. The lowest BCUT2D eigenvalue weighted by molar-refractivity contribution is -0.734. The quantitative estimate of drug-likeness (QED) is 0.117. The Morgan fingerprint density at radius 1 is 0.800 bits per heavy atom. The lowest BCUT2D eigenvalue weighted by Crippen LogP contribution is -2.57. The molecule has 0 saturated carbocycles. The monoisotopic (exact) mass is 538 g/mol. The van der Waals surface area contributed by atoms with Crippen molar-refractivity contribution < 1.29 is 14.1 Å². The van der Waals surface area contributed by atoms with Gasteiger partial charge in [-0.3, -0.25) is 0 Å². The number of carbonyl (C=O) groups excluding carboxylic acids is 1. The van der Waals surface area contributed by atoms with Crippen LogP contribution in [0.1, 0.15) is 75.8 Å². The van der Waals surface area contributed by atoms with Crippen molar-refractivity contribution in [3.05, 3.63) is 126 Å². The molecule has 1 aromatic heterocycles. The topological polar surface area (TPSA) is 47.1 Å². The van der Waals surface area contributed by atoms with E-state index in [0.717, 1.165) is 13.0 Å². The van der Waals surface area contributed by atoms with Gasteiger partial charge in [0, 0.05) is 29.7 Å². The van der Waals surface area contributed by atoms with Crippen LogP contribution in [-0.2, 0) is 23.2 Å². The van der Waals surface area contributed by atoms with E-state index in [4.69, 9.17) is 4.74 Å². The number of imidazole rings is 1. The molecule has 0 spiro atoms. The fourth-order valence-corrected chi connectivity index (χ4v) is 5.39. The van der Waals surface area contributed by atoms with Gasteiger partial charge in [0.15, 0.2) is 5.54 Å². The summed E-state index contributed by atoms with van der Waals surface area (Å²) in [5.74, 6) is 0. The summed E-state index contributed by atoms with van der Waals surface area (Å²) in [5, 5.41) is 2.95. The minimum Gasteiger partial charge on any atom is -0.444 e. The number of ether oxygens (including phenoxy) is 1. The molecule has 3 aromatic carbocycles. The molecular weight excluding hydrogens is 494 g/mol. The molecule has 40 heavy (non-hydrogen) atoms. The lowest BCUT2D eigenvalue weighted by Gasteiger charge is -2.32. The Morgan fingerprint density at radius 2 is 1.32 bits per heavy atom. The molecule has 5 nitrogen and oxygen atoms in total. The molecule has 0 fully saturated rings. The van der Waals surface area contributed by atoms with Crippen molar-refractivity contribution in [3.63, 3.8) is 0 Å². The number of unbranched alkanes of at least 4 members (excludes halogenated alkanes) is 3. The second-order valence-corrected chi connectivity index (χ2v) is 11.4. The summed E-state index contributed by atoms with van der Waals surface area (Å²) in [5.41, 5.74) is 3.68. The van der Waals surface area contributed by atoms with E-state index >= 15 is 0 Å². The molecule has 0 atom stereocenters. The Hall–Kier alpha value is -3.86. The van der Waals surface area contributed by atoms with Crippen molar-refractivity contribution in [3.8, 4) is 0 Å². The first-order valence-corrected chi connectivity index (χ1v) is 14.6. The van der Waals surface area contributed by atoms with Crippen molar-refractivity contribution in [2.45, 2.75) is 77.5 Å². The molecule has 0 radical (unpaired) electrons. The molecule has 1 amide bonds. The number of carbonyl (C=O) groups is 1. The standard InChI is InChI=1S/C35H43N3O2/c1-5-6-7-17-26-37-28-38(27-32(37)24-25-36-33(39)40-34(2,3)4)35(29-18-11-8-12-19-29,30-20-13-9-14-21-30)31-22-15-10-16-23-31/h8-16,18-23,27-28H,5-7,17,24-26H2,1-4H3/p+1. The first kappa shape index (κ1) is 29.1. The van der Waals surface area contributed by atoms with Crippen molar-refractivity contribution >= 4 is 6.09 Å². The van der Waals surface area contributed by atoms with E-state index in [1.54, 1.807) is 0 Å². The summed E-state index contributed by atoms with van der Waals surface area (Å²) < 4.78 is 10.2. The number of benzene rings is 3. The molecule has 0 aliphatic rings. The van der Waals surface area contributed by atoms with Gasteiger partial charge in [-0.25, -0.2) is 13.9 Å². The van der Waals surface area contributed by atoms with E-state index in [0.29, 0.717) is 13.0 Å². The number of amides is 1. The number of rotatable bonds is 12. The maximum absolute atomic E-state index is 12.4. The number of hydrogen-bond acceptors (Lipinski definition) is 2. The Morgan fingerprint density at radius 3 is 1.80 bits per heavy atom. The van der Waals surface area contributed by atoms with Crippen LogP contribution < -0.4 is 9.88 Å².